The summed E-state index contributed by atoms with van der Waals surface area (Å²) >= 11 is 0. The second-order valence-electron chi connectivity index (χ2n) is 6.89. The second-order valence-corrected chi connectivity index (χ2v) is 8.83. The third kappa shape index (κ3) is 3.91. The number of hydrogen-bond donors (Lipinski definition) is 0. The van der Waals surface area contributed by atoms with Crippen molar-refractivity contribution in [1.29, 1.82) is 0 Å². The maximum atomic E-state index is 13.0. The Hall–Kier alpha value is -2.38. The molecule has 0 fully saturated rings. The van der Waals surface area contributed by atoms with Crippen molar-refractivity contribution < 1.29 is 13.2 Å². The molecule has 1 aliphatic rings. The Morgan fingerprint density at radius 2 is 1.64 bits per heavy atom. The Labute approximate surface area is 167 Å². The number of para-hydroxylation sites is 1. The normalized spacial score (nSPS) is 14.7. The van der Waals surface area contributed by atoms with Crippen LogP contribution in [0.15, 0.2) is 53.4 Å². The number of nitrogens with zero attached hydrogens (tertiary/aromatic N) is 3. The van der Waals surface area contributed by atoms with Gasteiger partial charge in [0.05, 0.1) is 4.90 Å². The van der Waals surface area contributed by atoms with Crippen LogP contribution in [0.3, 0.4) is 0 Å². The zero-order valence-electron chi connectivity index (χ0n) is 16.6. The molecule has 2 aromatic carbocycles. The van der Waals surface area contributed by atoms with E-state index >= 15 is 0 Å². The highest BCUT2D eigenvalue weighted by Crippen LogP contribution is 2.25. The fraction of sp³-hybridized carbons (Fsp3) is 0.381. The minimum atomic E-state index is -3.52. The maximum Gasteiger partial charge on any atom is 0.254 e. The lowest BCUT2D eigenvalue weighted by Crippen LogP contribution is -2.34. The predicted molar refractivity (Wildman–Crippen MR) is 111 cm³/mol. The number of rotatable bonds is 5. The molecule has 3 rings (SSSR count). The van der Waals surface area contributed by atoms with Gasteiger partial charge >= 0.3 is 0 Å². The highest BCUT2D eigenvalue weighted by atomic mass is 32.2. The van der Waals surface area contributed by atoms with Crippen LogP contribution in [0.25, 0.3) is 0 Å². The molecule has 6 nitrogen and oxygen atoms in total. The van der Waals surface area contributed by atoms with Crippen molar-refractivity contribution in [3.8, 4) is 0 Å². The lowest BCUT2D eigenvalue weighted by atomic mass is 10.1. The van der Waals surface area contributed by atoms with Gasteiger partial charge in [-0.15, -0.1) is 0 Å². The fourth-order valence-corrected chi connectivity index (χ4v) is 4.99. The number of carbonyl (C=O) groups excluding carboxylic acids is 1. The molecule has 0 atom stereocenters. The molecule has 0 spiro atoms. The SMILES string of the molecule is CCN(CC)S(=O)(=O)c1ccc(C(=O)N2CCN(C)c3ccccc3C2)cc1. The lowest BCUT2D eigenvalue weighted by molar-refractivity contribution is 0.0751. The number of anilines is 1. The van der Waals surface area contributed by atoms with Gasteiger partial charge in [0.15, 0.2) is 0 Å². The molecule has 1 heterocycles. The van der Waals surface area contributed by atoms with Gasteiger partial charge in [-0.25, -0.2) is 8.42 Å². The maximum absolute atomic E-state index is 13.0. The minimum Gasteiger partial charge on any atom is -0.373 e. The van der Waals surface area contributed by atoms with E-state index in [2.05, 4.69) is 11.0 Å². The molecule has 0 N–H and O–H groups in total. The Kier molecular flexibility index (Phi) is 6.05. The van der Waals surface area contributed by atoms with Crippen molar-refractivity contribution >= 4 is 21.6 Å². The summed E-state index contributed by atoms with van der Waals surface area (Å²) in [6.07, 6.45) is 0. The van der Waals surface area contributed by atoms with Crippen LogP contribution in [0, 0.1) is 0 Å². The molecule has 150 valence electrons. The Morgan fingerprint density at radius 1 is 1.00 bits per heavy atom. The summed E-state index contributed by atoms with van der Waals surface area (Å²) in [7, 11) is -1.49. The number of sulfonamides is 1. The lowest BCUT2D eigenvalue weighted by Gasteiger charge is -2.22. The van der Waals surface area contributed by atoms with E-state index in [9.17, 15) is 13.2 Å². The molecule has 0 radical (unpaired) electrons. The quantitative estimate of drug-likeness (QED) is 0.773. The van der Waals surface area contributed by atoms with Crippen molar-refractivity contribution in [3.63, 3.8) is 0 Å². The molecular formula is C21H27N3O3S. The molecule has 0 saturated heterocycles. The summed E-state index contributed by atoms with van der Waals surface area (Å²) in [6.45, 7) is 6.36. The van der Waals surface area contributed by atoms with Gasteiger partial charge < -0.3 is 9.80 Å². The van der Waals surface area contributed by atoms with Gasteiger partial charge in [0.1, 0.15) is 0 Å². The van der Waals surface area contributed by atoms with E-state index in [1.165, 1.54) is 16.4 Å². The summed E-state index contributed by atoms with van der Waals surface area (Å²) in [6, 6.07) is 14.4. The van der Waals surface area contributed by atoms with Crippen LogP contribution in [0.1, 0.15) is 29.8 Å². The van der Waals surface area contributed by atoms with E-state index < -0.39 is 10.0 Å². The number of likely N-dealkylation sites (N-methyl/N-ethyl adjacent to an activating group) is 1. The third-order valence-electron chi connectivity index (χ3n) is 5.20. The van der Waals surface area contributed by atoms with Crippen molar-refractivity contribution in [1.82, 2.24) is 9.21 Å². The highest BCUT2D eigenvalue weighted by Gasteiger charge is 2.24. The number of fused-ring (bicyclic) bond motifs is 1. The largest absolute Gasteiger partial charge is 0.373 e. The van der Waals surface area contributed by atoms with Crippen molar-refractivity contribution in [2.45, 2.75) is 25.3 Å². The smallest absolute Gasteiger partial charge is 0.254 e. The average Bonchev–Trinajstić information content (AvgIpc) is 2.87. The number of carbonyl (C=O) groups is 1. The molecule has 0 bridgehead atoms. The fourth-order valence-electron chi connectivity index (χ4n) is 3.53. The van der Waals surface area contributed by atoms with Gasteiger partial charge in [-0.05, 0) is 35.9 Å². The van der Waals surface area contributed by atoms with Crippen molar-refractivity contribution in [2.75, 3.05) is 38.1 Å². The van der Waals surface area contributed by atoms with E-state index in [1.54, 1.807) is 12.1 Å². The zero-order valence-corrected chi connectivity index (χ0v) is 17.4. The van der Waals surface area contributed by atoms with Gasteiger partial charge in [-0.3, -0.25) is 4.79 Å². The molecule has 1 amide bonds. The van der Waals surface area contributed by atoms with Gasteiger partial charge in [-0.2, -0.15) is 4.31 Å². The first-order valence-corrected chi connectivity index (χ1v) is 11.0. The summed E-state index contributed by atoms with van der Waals surface area (Å²) in [5.41, 5.74) is 2.75. The number of benzene rings is 2. The topological polar surface area (TPSA) is 60.9 Å². The summed E-state index contributed by atoms with van der Waals surface area (Å²) in [5, 5.41) is 0. The minimum absolute atomic E-state index is 0.0862. The van der Waals surface area contributed by atoms with E-state index in [0.717, 1.165) is 17.8 Å². The first-order chi connectivity index (χ1) is 13.4. The van der Waals surface area contributed by atoms with E-state index in [4.69, 9.17) is 0 Å². The van der Waals surface area contributed by atoms with Crippen LogP contribution in [0.4, 0.5) is 5.69 Å². The monoisotopic (exact) mass is 401 g/mol. The first kappa shape index (κ1) is 20.4. The molecule has 1 aliphatic heterocycles. The van der Waals surface area contributed by atoms with Gasteiger partial charge in [-0.1, -0.05) is 32.0 Å². The molecular weight excluding hydrogens is 374 g/mol. The zero-order chi connectivity index (χ0) is 20.3. The Morgan fingerprint density at radius 3 is 2.29 bits per heavy atom. The van der Waals surface area contributed by atoms with E-state index in [-0.39, 0.29) is 10.8 Å². The summed E-state index contributed by atoms with van der Waals surface area (Å²) in [5.74, 6) is -0.0862. The Bertz CT molecular complexity index is 938. The van der Waals surface area contributed by atoms with Crippen LogP contribution < -0.4 is 4.90 Å². The van der Waals surface area contributed by atoms with Crippen LogP contribution in [0.5, 0.6) is 0 Å². The molecule has 28 heavy (non-hydrogen) atoms. The van der Waals surface area contributed by atoms with Gasteiger partial charge in [0.25, 0.3) is 5.91 Å². The first-order valence-electron chi connectivity index (χ1n) is 9.57. The molecule has 0 unspecified atom stereocenters. The molecule has 2 aromatic rings. The summed E-state index contributed by atoms with van der Waals surface area (Å²) < 4.78 is 26.7. The number of hydrogen-bond acceptors (Lipinski definition) is 4. The molecule has 0 saturated carbocycles. The van der Waals surface area contributed by atoms with Crippen molar-refractivity contribution in [2.24, 2.45) is 0 Å². The standard InChI is InChI=1S/C21H27N3O3S/c1-4-24(5-2)28(26,27)19-12-10-17(11-13-19)21(25)23-15-14-22(3)20-9-7-6-8-18(20)16-23/h6-13H,4-5,14-16H2,1-3H3. The molecule has 0 aromatic heterocycles. The van der Waals surface area contributed by atoms with Crippen LogP contribution >= 0.6 is 0 Å². The van der Waals surface area contributed by atoms with Crippen LogP contribution in [-0.2, 0) is 16.6 Å². The Balaban J connectivity index is 1.82. The predicted octanol–water partition coefficient (Wildman–Crippen LogP) is 2.81. The van der Waals surface area contributed by atoms with Gasteiger partial charge in [0, 0.05) is 51.0 Å². The summed E-state index contributed by atoms with van der Waals surface area (Å²) in [4.78, 5) is 17.2. The van der Waals surface area contributed by atoms with Gasteiger partial charge in [0.2, 0.25) is 10.0 Å². The van der Waals surface area contributed by atoms with Crippen molar-refractivity contribution in [3.05, 3.63) is 59.7 Å². The van der Waals surface area contributed by atoms with Crippen LogP contribution in [-0.4, -0.2) is 56.8 Å². The average molecular weight is 402 g/mol. The molecule has 0 aliphatic carbocycles. The van der Waals surface area contributed by atoms with E-state index in [0.29, 0.717) is 31.7 Å². The third-order valence-corrected chi connectivity index (χ3v) is 7.27. The molecule has 7 heteroatoms. The van der Waals surface area contributed by atoms with Crippen LogP contribution in [0.2, 0.25) is 0 Å². The number of amides is 1. The highest BCUT2D eigenvalue weighted by molar-refractivity contribution is 7.89. The second kappa shape index (κ2) is 8.32. The van der Waals surface area contributed by atoms with E-state index in [1.807, 2.05) is 44.0 Å².